The third-order valence-electron chi connectivity index (χ3n) is 6.82. The average molecular weight is 540 g/mol. The molecule has 4 rings (SSSR count). The molecule has 40 heavy (non-hydrogen) atoms. The first-order valence-electron chi connectivity index (χ1n) is 13.4. The van der Waals surface area contributed by atoms with Gasteiger partial charge in [-0.25, -0.2) is 9.78 Å². The average Bonchev–Trinajstić information content (AvgIpc) is 3.30. The van der Waals surface area contributed by atoms with E-state index < -0.39 is 5.97 Å². The Labute approximate surface area is 235 Å². The molecule has 2 aromatic heterocycles. The predicted octanol–water partition coefficient (Wildman–Crippen LogP) is 6.32. The van der Waals surface area contributed by atoms with Crippen LogP contribution in [-0.2, 0) is 16.0 Å². The number of aromatic nitrogens is 2. The van der Waals surface area contributed by atoms with Crippen molar-refractivity contribution < 1.29 is 19.1 Å². The number of ether oxygens (including phenoxy) is 2. The van der Waals surface area contributed by atoms with Crippen molar-refractivity contribution in [2.24, 2.45) is 0 Å². The molecular weight excluding hydrogens is 502 g/mol. The zero-order valence-corrected chi connectivity index (χ0v) is 24.1. The van der Waals surface area contributed by atoms with Crippen molar-refractivity contribution in [1.29, 1.82) is 0 Å². The summed E-state index contributed by atoms with van der Waals surface area (Å²) in [7, 11) is 4.02. The van der Waals surface area contributed by atoms with E-state index in [-0.39, 0.29) is 18.3 Å². The smallest absolute Gasteiger partial charge is 0.340 e. The number of H-pyrrole nitrogens is 1. The molecule has 4 aromatic rings. The molecule has 0 amide bonds. The number of nitrogens with one attached hydrogen (secondary N) is 1. The Balaban J connectivity index is 1.88. The largest absolute Gasteiger partial charge is 0.492 e. The van der Waals surface area contributed by atoms with Gasteiger partial charge in [-0.3, -0.25) is 4.79 Å². The van der Waals surface area contributed by atoms with Crippen molar-refractivity contribution in [2.75, 3.05) is 27.2 Å². The summed E-state index contributed by atoms with van der Waals surface area (Å²) in [6.45, 7) is 12.6. The van der Waals surface area contributed by atoms with Crippen LogP contribution in [0.1, 0.15) is 40.9 Å². The number of likely N-dealkylation sites (N-methyl/N-ethyl adjacent to an activating group) is 1. The van der Waals surface area contributed by atoms with Crippen LogP contribution in [0.5, 0.6) is 5.75 Å². The highest BCUT2D eigenvalue weighted by Gasteiger charge is 2.23. The first kappa shape index (κ1) is 28.8. The summed E-state index contributed by atoms with van der Waals surface area (Å²) in [4.78, 5) is 35.4. The molecule has 0 aliphatic carbocycles. The van der Waals surface area contributed by atoms with E-state index in [0.717, 1.165) is 56.8 Å². The van der Waals surface area contributed by atoms with Gasteiger partial charge in [-0.15, -0.1) is 0 Å². The third kappa shape index (κ3) is 6.32. The number of aryl methyl sites for hydroxylation is 2. The number of hydrogen-bond donors (Lipinski definition) is 1. The first-order chi connectivity index (χ1) is 19.1. The van der Waals surface area contributed by atoms with Gasteiger partial charge >= 0.3 is 5.97 Å². The Morgan fingerprint density at radius 2 is 1.77 bits per heavy atom. The predicted molar refractivity (Wildman–Crippen MR) is 160 cm³/mol. The Morgan fingerprint density at radius 3 is 2.42 bits per heavy atom. The molecule has 0 bridgehead atoms. The van der Waals surface area contributed by atoms with E-state index in [0.29, 0.717) is 17.8 Å². The van der Waals surface area contributed by atoms with Crippen LogP contribution in [0.4, 0.5) is 0 Å². The second kappa shape index (κ2) is 12.3. The van der Waals surface area contributed by atoms with Gasteiger partial charge in [0.15, 0.2) is 5.78 Å². The molecule has 0 saturated heterocycles. The summed E-state index contributed by atoms with van der Waals surface area (Å²) in [6.07, 6.45) is 2.94. The molecule has 2 aromatic carbocycles. The second-order valence-corrected chi connectivity index (χ2v) is 10.5. The number of pyridine rings is 1. The summed E-state index contributed by atoms with van der Waals surface area (Å²) in [5.74, 6) is 0.341. The summed E-state index contributed by atoms with van der Waals surface area (Å²) < 4.78 is 11.4. The van der Waals surface area contributed by atoms with Gasteiger partial charge in [-0.1, -0.05) is 24.8 Å². The molecule has 0 aliphatic rings. The molecule has 0 saturated carbocycles. The third-order valence-corrected chi connectivity index (χ3v) is 6.82. The quantitative estimate of drug-likeness (QED) is 0.177. The molecule has 2 heterocycles. The minimum atomic E-state index is -0.406. The molecule has 0 aliphatic heterocycles. The first-order valence-corrected chi connectivity index (χ1v) is 13.4. The SMILES string of the molecule is C=CC(=O)Cc1cc(-c2c(-c3ccc(OCCN(C)C)cc3)[nH]c3ncc(C(=O)OC(C)C)c(C)c23)ccc1C. The van der Waals surface area contributed by atoms with Gasteiger partial charge in [-0.2, -0.15) is 0 Å². The van der Waals surface area contributed by atoms with Crippen molar-refractivity contribution >= 4 is 22.8 Å². The van der Waals surface area contributed by atoms with E-state index in [2.05, 4.69) is 21.4 Å². The van der Waals surface area contributed by atoms with Crippen LogP contribution in [0.15, 0.2) is 61.3 Å². The zero-order valence-electron chi connectivity index (χ0n) is 24.1. The maximum absolute atomic E-state index is 12.9. The van der Waals surface area contributed by atoms with E-state index in [1.54, 1.807) is 6.20 Å². The molecule has 0 radical (unpaired) electrons. The molecule has 208 valence electrons. The molecular formula is C33H37N3O4. The van der Waals surface area contributed by atoms with E-state index >= 15 is 0 Å². The monoisotopic (exact) mass is 539 g/mol. The van der Waals surface area contributed by atoms with Crippen molar-refractivity contribution in [3.63, 3.8) is 0 Å². The summed E-state index contributed by atoms with van der Waals surface area (Å²) in [6, 6.07) is 14.0. The number of nitrogens with zero attached hydrogens (tertiary/aromatic N) is 2. The number of ketones is 1. The maximum Gasteiger partial charge on any atom is 0.340 e. The lowest BCUT2D eigenvalue weighted by molar-refractivity contribution is -0.114. The van der Waals surface area contributed by atoms with Crippen molar-refractivity contribution in [2.45, 2.75) is 40.2 Å². The van der Waals surface area contributed by atoms with Crippen LogP contribution in [-0.4, -0.2) is 60.0 Å². The van der Waals surface area contributed by atoms with Crippen LogP contribution in [0.2, 0.25) is 0 Å². The summed E-state index contributed by atoms with van der Waals surface area (Å²) >= 11 is 0. The summed E-state index contributed by atoms with van der Waals surface area (Å²) in [5.41, 5.74) is 7.46. The fourth-order valence-electron chi connectivity index (χ4n) is 4.64. The van der Waals surface area contributed by atoms with Gasteiger partial charge in [0, 0.05) is 30.1 Å². The zero-order chi connectivity index (χ0) is 29.0. The van der Waals surface area contributed by atoms with Gasteiger partial charge in [0.1, 0.15) is 18.0 Å². The van der Waals surface area contributed by atoms with Crippen LogP contribution in [0.25, 0.3) is 33.4 Å². The van der Waals surface area contributed by atoms with E-state index in [1.807, 2.05) is 84.3 Å². The number of hydrogen-bond acceptors (Lipinski definition) is 6. The molecule has 7 heteroatoms. The Morgan fingerprint density at radius 1 is 1.07 bits per heavy atom. The van der Waals surface area contributed by atoms with Gasteiger partial charge < -0.3 is 19.4 Å². The number of esters is 1. The van der Waals surface area contributed by atoms with Crippen molar-refractivity contribution in [3.8, 4) is 28.1 Å². The van der Waals surface area contributed by atoms with Crippen LogP contribution < -0.4 is 4.74 Å². The normalized spacial score (nSPS) is 11.3. The van der Waals surface area contributed by atoms with Gasteiger partial charge in [0.05, 0.1) is 17.4 Å². The minimum Gasteiger partial charge on any atom is -0.492 e. The van der Waals surface area contributed by atoms with Gasteiger partial charge in [-0.05, 0) is 99.9 Å². The Bertz CT molecular complexity index is 1550. The number of allylic oxidation sites excluding steroid dienone is 1. The lowest BCUT2D eigenvalue weighted by Crippen LogP contribution is -2.19. The molecule has 0 atom stereocenters. The molecule has 0 unspecified atom stereocenters. The molecule has 7 nitrogen and oxygen atoms in total. The fraction of sp³-hybridized carbons (Fsp3) is 0.303. The van der Waals surface area contributed by atoms with Crippen LogP contribution in [0, 0.1) is 13.8 Å². The Hall–Kier alpha value is -4.23. The molecule has 0 fully saturated rings. The van der Waals surface area contributed by atoms with Gasteiger partial charge in [0.25, 0.3) is 0 Å². The standard InChI is InChI=1S/C33H37N3O4/c1-8-26(37)18-25-17-24(10-9-21(25)4)30-29-22(5)28(33(38)40-20(2)3)19-34-32(29)35-31(30)23-11-13-27(14-12-23)39-16-15-36(6)7/h8-14,17,19-20H,1,15-16,18H2,2-7H3,(H,34,35). The lowest BCUT2D eigenvalue weighted by Gasteiger charge is -2.13. The fourth-order valence-corrected chi connectivity index (χ4v) is 4.64. The Kier molecular flexibility index (Phi) is 8.85. The topological polar surface area (TPSA) is 84.5 Å². The number of rotatable bonds is 11. The van der Waals surface area contributed by atoms with Crippen molar-refractivity contribution in [1.82, 2.24) is 14.9 Å². The maximum atomic E-state index is 12.9. The summed E-state index contributed by atoms with van der Waals surface area (Å²) in [5, 5.41) is 0.837. The van der Waals surface area contributed by atoms with Crippen molar-refractivity contribution in [3.05, 3.63) is 83.6 Å². The van der Waals surface area contributed by atoms with E-state index in [9.17, 15) is 9.59 Å². The van der Waals surface area contributed by atoms with E-state index in [4.69, 9.17) is 9.47 Å². The van der Waals surface area contributed by atoms with Gasteiger partial charge in [0.2, 0.25) is 0 Å². The molecule has 1 N–H and O–H groups in total. The minimum absolute atomic E-state index is 0.0409. The van der Waals surface area contributed by atoms with Crippen LogP contribution in [0.3, 0.4) is 0 Å². The highest BCUT2D eigenvalue weighted by Crippen LogP contribution is 2.41. The number of carbonyl (C=O) groups excluding carboxylic acids is 2. The van der Waals surface area contributed by atoms with E-state index in [1.165, 1.54) is 6.08 Å². The number of carbonyl (C=O) groups is 2. The highest BCUT2D eigenvalue weighted by atomic mass is 16.5. The van der Waals surface area contributed by atoms with Crippen LogP contribution >= 0.6 is 0 Å². The number of aromatic amines is 1. The highest BCUT2D eigenvalue weighted by molar-refractivity contribution is 6.07. The number of benzene rings is 2. The molecule has 0 spiro atoms. The second-order valence-electron chi connectivity index (χ2n) is 10.5. The lowest BCUT2D eigenvalue weighted by atomic mass is 9.92. The number of fused-ring (bicyclic) bond motifs is 1.